The molecule has 188 valence electrons. The summed E-state index contributed by atoms with van der Waals surface area (Å²) in [4.78, 5) is 36.3. The lowest BCUT2D eigenvalue weighted by molar-refractivity contribution is -0.143. The number of carbonyl (C=O) groups excluding carboxylic acids is 2. The number of para-hydroxylation sites is 1. The van der Waals surface area contributed by atoms with Crippen LogP contribution in [-0.2, 0) is 11.3 Å². The number of nitrogen functional groups attached to an aromatic ring is 1. The highest BCUT2D eigenvalue weighted by molar-refractivity contribution is 6.03. The fourth-order valence-electron chi connectivity index (χ4n) is 4.67. The number of carboxylic acids is 1. The summed E-state index contributed by atoms with van der Waals surface area (Å²) < 4.78 is 6.79. The van der Waals surface area contributed by atoms with Crippen molar-refractivity contribution in [3.8, 4) is 17.0 Å². The van der Waals surface area contributed by atoms with E-state index < -0.39 is 17.8 Å². The summed E-state index contributed by atoms with van der Waals surface area (Å²) in [5.74, 6) is -1.64. The minimum Gasteiger partial charge on any atom is -0.496 e. The Hall–Kier alpha value is -4.34. The number of aromatic nitrogens is 2. The van der Waals surface area contributed by atoms with Gasteiger partial charge in [-0.2, -0.15) is 5.10 Å². The smallest absolute Gasteiger partial charge is 0.306 e. The molecule has 2 amide bonds. The van der Waals surface area contributed by atoms with E-state index in [0.29, 0.717) is 35.4 Å². The Morgan fingerprint density at radius 3 is 2.53 bits per heavy atom. The molecule has 2 aromatic carbocycles. The van der Waals surface area contributed by atoms with Gasteiger partial charge >= 0.3 is 5.97 Å². The SMILES string of the molecule is COc1ccccc1C(=O)NCc1ccc(-c2nn(C3CCCC(C(=O)O)C3)c(N)c2C(N)=O)cc1. The predicted octanol–water partition coefficient (Wildman–Crippen LogP) is 2.99. The second-order valence-corrected chi connectivity index (χ2v) is 8.85. The summed E-state index contributed by atoms with van der Waals surface area (Å²) in [5.41, 5.74) is 14.3. The van der Waals surface area contributed by atoms with Gasteiger partial charge in [0, 0.05) is 12.1 Å². The van der Waals surface area contributed by atoms with Crippen molar-refractivity contribution in [1.82, 2.24) is 15.1 Å². The van der Waals surface area contributed by atoms with Crippen molar-refractivity contribution in [1.29, 1.82) is 0 Å². The van der Waals surface area contributed by atoms with E-state index in [1.807, 2.05) is 12.1 Å². The van der Waals surface area contributed by atoms with E-state index in [9.17, 15) is 19.5 Å². The van der Waals surface area contributed by atoms with Gasteiger partial charge in [0.25, 0.3) is 11.8 Å². The first-order chi connectivity index (χ1) is 17.3. The first kappa shape index (κ1) is 24.8. The van der Waals surface area contributed by atoms with Crippen LogP contribution in [0.3, 0.4) is 0 Å². The van der Waals surface area contributed by atoms with Crippen molar-refractivity contribution in [3.63, 3.8) is 0 Å². The van der Waals surface area contributed by atoms with Crippen molar-refractivity contribution in [3.05, 3.63) is 65.2 Å². The number of aliphatic carboxylic acids is 1. The maximum absolute atomic E-state index is 12.6. The summed E-state index contributed by atoms with van der Waals surface area (Å²) in [6, 6.07) is 13.9. The molecule has 6 N–H and O–H groups in total. The molecular formula is C26H29N5O5. The van der Waals surface area contributed by atoms with Crippen LogP contribution in [0.25, 0.3) is 11.3 Å². The largest absolute Gasteiger partial charge is 0.496 e. The zero-order valence-electron chi connectivity index (χ0n) is 19.9. The van der Waals surface area contributed by atoms with Crippen molar-refractivity contribution in [2.45, 2.75) is 38.3 Å². The van der Waals surface area contributed by atoms with Gasteiger partial charge in [-0.05, 0) is 37.0 Å². The number of rotatable bonds is 8. The number of ether oxygens (including phenoxy) is 1. The maximum Gasteiger partial charge on any atom is 0.306 e. The van der Waals surface area contributed by atoms with Gasteiger partial charge in [-0.25, -0.2) is 4.68 Å². The number of amides is 2. The number of hydrogen-bond donors (Lipinski definition) is 4. The Morgan fingerprint density at radius 1 is 1.14 bits per heavy atom. The van der Waals surface area contributed by atoms with Crippen LogP contribution in [0.4, 0.5) is 5.82 Å². The van der Waals surface area contributed by atoms with Gasteiger partial charge < -0.3 is 26.6 Å². The van der Waals surface area contributed by atoms with Gasteiger partial charge in [0.1, 0.15) is 22.8 Å². The molecule has 0 radical (unpaired) electrons. The molecule has 1 fully saturated rings. The van der Waals surface area contributed by atoms with Crippen molar-refractivity contribution in [2.75, 3.05) is 12.8 Å². The summed E-state index contributed by atoms with van der Waals surface area (Å²) in [7, 11) is 1.51. The van der Waals surface area contributed by atoms with Crippen LogP contribution in [0, 0.1) is 5.92 Å². The molecule has 1 heterocycles. The maximum atomic E-state index is 12.6. The third-order valence-electron chi connectivity index (χ3n) is 6.57. The van der Waals surface area contributed by atoms with E-state index in [2.05, 4.69) is 10.4 Å². The number of primary amides is 1. The Labute approximate surface area is 208 Å². The first-order valence-electron chi connectivity index (χ1n) is 11.7. The summed E-state index contributed by atoms with van der Waals surface area (Å²) >= 11 is 0. The molecule has 2 unspecified atom stereocenters. The fraction of sp³-hybridized carbons (Fsp3) is 0.308. The van der Waals surface area contributed by atoms with Crippen molar-refractivity contribution < 1.29 is 24.2 Å². The standard InChI is InChI=1S/C26H29N5O5/c1-36-20-8-3-2-7-19(20)25(33)29-14-15-9-11-16(12-10-15)22-21(24(28)32)23(27)31(30-22)18-6-4-5-17(13-18)26(34)35/h2-3,7-12,17-18H,4-6,13-14,27H2,1H3,(H2,28,32)(H,29,33)(H,34,35). The highest BCUT2D eigenvalue weighted by Crippen LogP contribution is 2.37. The van der Waals surface area contributed by atoms with Gasteiger partial charge in [-0.1, -0.05) is 42.8 Å². The lowest BCUT2D eigenvalue weighted by Crippen LogP contribution is -2.26. The molecule has 1 aromatic heterocycles. The first-order valence-corrected chi connectivity index (χ1v) is 11.7. The molecule has 0 aliphatic heterocycles. The molecule has 1 aliphatic rings. The molecule has 0 saturated heterocycles. The Morgan fingerprint density at radius 2 is 1.86 bits per heavy atom. The predicted molar refractivity (Wildman–Crippen MR) is 133 cm³/mol. The van der Waals surface area contributed by atoms with Crippen molar-refractivity contribution in [2.24, 2.45) is 11.7 Å². The molecule has 10 heteroatoms. The monoisotopic (exact) mass is 491 g/mol. The van der Waals surface area contributed by atoms with E-state index >= 15 is 0 Å². The van der Waals surface area contributed by atoms with E-state index in [-0.39, 0.29) is 29.9 Å². The van der Waals surface area contributed by atoms with E-state index in [4.69, 9.17) is 16.2 Å². The van der Waals surface area contributed by atoms with Gasteiger partial charge in [-0.15, -0.1) is 0 Å². The lowest BCUT2D eigenvalue weighted by Gasteiger charge is -2.27. The normalized spacial score (nSPS) is 17.4. The molecule has 36 heavy (non-hydrogen) atoms. The van der Waals surface area contributed by atoms with Gasteiger partial charge in [-0.3, -0.25) is 14.4 Å². The van der Waals surface area contributed by atoms with Gasteiger partial charge in [0.15, 0.2) is 0 Å². The van der Waals surface area contributed by atoms with Crippen molar-refractivity contribution >= 4 is 23.6 Å². The minimum absolute atomic E-state index is 0.115. The number of carbonyl (C=O) groups is 3. The molecule has 10 nitrogen and oxygen atoms in total. The van der Waals surface area contributed by atoms with Crippen LogP contribution in [0.15, 0.2) is 48.5 Å². The highest BCUT2D eigenvalue weighted by Gasteiger charge is 2.32. The average Bonchev–Trinajstić information content (AvgIpc) is 3.24. The molecule has 4 rings (SSSR count). The zero-order chi connectivity index (χ0) is 25.8. The van der Waals surface area contributed by atoms with Gasteiger partial charge in [0.05, 0.1) is 24.6 Å². The number of nitrogens with zero attached hydrogens (tertiary/aromatic N) is 2. The molecule has 3 aromatic rings. The van der Waals surface area contributed by atoms with Crippen LogP contribution in [0.1, 0.15) is 58.0 Å². The number of carboxylic acid groups (broad SMARTS) is 1. The summed E-state index contributed by atoms with van der Waals surface area (Å²) in [5, 5.41) is 16.9. The number of hydrogen-bond acceptors (Lipinski definition) is 6. The van der Waals surface area contributed by atoms with Crippen LogP contribution in [0.2, 0.25) is 0 Å². The summed E-state index contributed by atoms with van der Waals surface area (Å²) in [6.07, 6.45) is 2.46. The number of anilines is 1. The van der Waals surface area contributed by atoms with Crippen LogP contribution < -0.4 is 21.5 Å². The topological polar surface area (TPSA) is 163 Å². The second kappa shape index (κ2) is 10.5. The number of methoxy groups -OCH3 is 1. The van der Waals surface area contributed by atoms with E-state index in [1.165, 1.54) is 7.11 Å². The van der Waals surface area contributed by atoms with Crippen LogP contribution in [0.5, 0.6) is 5.75 Å². The number of benzene rings is 2. The lowest BCUT2D eigenvalue weighted by atomic mass is 9.86. The molecule has 0 bridgehead atoms. The Kier molecular flexibility index (Phi) is 7.23. The highest BCUT2D eigenvalue weighted by atomic mass is 16.5. The fourth-order valence-corrected chi connectivity index (χ4v) is 4.67. The third-order valence-corrected chi connectivity index (χ3v) is 6.57. The molecule has 1 aliphatic carbocycles. The summed E-state index contributed by atoms with van der Waals surface area (Å²) in [6.45, 7) is 0.287. The second-order valence-electron chi connectivity index (χ2n) is 8.85. The average molecular weight is 492 g/mol. The number of nitrogens with two attached hydrogens (primary N) is 2. The molecular weight excluding hydrogens is 462 g/mol. The number of nitrogens with one attached hydrogen (secondary N) is 1. The van der Waals surface area contributed by atoms with E-state index in [0.717, 1.165) is 18.4 Å². The molecule has 0 spiro atoms. The van der Waals surface area contributed by atoms with Crippen LogP contribution in [-0.4, -0.2) is 39.8 Å². The molecule has 1 saturated carbocycles. The van der Waals surface area contributed by atoms with Gasteiger partial charge in [0.2, 0.25) is 0 Å². The Bertz CT molecular complexity index is 1280. The molecule has 2 atom stereocenters. The van der Waals surface area contributed by atoms with E-state index in [1.54, 1.807) is 41.1 Å². The quantitative estimate of drug-likeness (QED) is 0.376. The Balaban J connectivity index is 1.53. The van der Waals surface area contributed by atoms with Crippen LogP contribution >= 0.6 is 0 Å². The zero-order valence-corrected chi connectivity index (χ0v) is 19.9. The minimum atomic E-state index is -0.839. The third kappa shape index (κ3) is 5.02.